The van der Waals surface area contributed by atoms with E-state index in [0.29, 0.717) is 22.7 Å². The van der Waals surface area contributed by atoms with Crippen LogP contribution in [0.25, 0.3) is 0 Å². The lowest BCUT2D eigenvalue weighted by atomic mass is 10.2. The number of alkyl halides is 2. The van der Waals surface area contributed by atoms with E-state index in [1.54, 1.807) is 12.1 Å². The van der Waals surface area contributed by atoms with Gasteiger partial charge in [-0.05, 0) is 36.4 Å². The maximum atomic E-state index is 12.4. The number of rotatable bonds is 10. The molecule has 2 rings (SSSR count). The predicted molar refractivity (Wildman–Crippen MR) is 109 cm³/mol. The third kappa shape index (κ3) is 7.46. The summed E-state index contributed by atoms with van der Waals surface area (Å²) >= 11 is 0. The van der Waals surface area contributed by atoms with E-state index in [4.69, 9.17) is 14.3 Å². The molecule has 11 heteroatoms. The molecule has 0 spiro atoms. The van der Waals surface area contributed by atoms with Crippen LogP contribution >= 0.6 is 0 Å². The average molecular weight is 437 g/mol. The molecule has 0 aliphatic carbocycles. The van der Waals surface area contributed by atoms with Gasteiger partial charge < -0.3 is 29.7 Å². The molecule has 0 unspecified atom stereocenters. The number of oxime groups is 1. The zero-order chi connectivity index (χ0) is 22.8. The molecular formula is C20H21F2N3O6. The molecule has 0 aliphatic rings. The van der Waals surface area contributed by atoms with Crippen molar-refractivity contribution in [2.24, 2.45) is 5.16 Å². The van der Waals surface area contributed by atoms with Crippen molar-refractivity contribution in [1.29, 1.82) is 0 Å². The summed E-state index contributed by atoms with van der Waals surface area (Å²) in [6.45, 7) is -2.02. The first-order chi connectivity index (χ1) is 14.8. The number of amides is 2. The van der Waals surface area contributed by atoms with E-state index in [9.17, 15) is 18.4 Å². The van der Waals surface area contributed by atoms with Gasteiger partial charge in [0.05, 0.1) is 26.1 Å². The lowest BCUT2D eigenvalue weighted by Crippen LogP contribution is -2.18. The first-order valence-electron chi connectivity index (χ1n) is 8.86. The summed E-state index contributed by atoms with van der Waals surface area (Å²) in [5.74, 6) is -0.415. The lowest BCUT2D eigenvalue weighted by Gasteiger charge is -2.12. The third-order valence-corrected chi connectivity index (χ3v) is 3.67. The third-order valence-electron chi connectivity index (χ3n) is 3.67. The van der Waals surface area contributed by atoms with Crippen LogP contribution in [-0.2, 0) is 14.4 Å². The minimum Gasteiger partial charge on any atom is -0.495 e. The van der Waals surface area contributed by atoms with E-state index < -0.39 is 19.1 Å². The van der Waals surface area contributed by atoms with E-state index in [-0.39, 0.29) is 17.4 Å². The van der Waals surface area contributed by atoms with Crippen LogP contribution in [-0.4, -0.2) is 45.5 Å². The van der Waals surface area contributed by atoms with Crippen molar-refractivity contribution >= 4 is 29.4 Å². The Morgan fingerprint density at radius 2 is 1.74 bits per heavy atom. The van der Waals surface area contributed by atoms with Gasteiger partial charge in [-0.25, -0.2) is 0 Å². The highest BCUT2D eigenvalue weighted by atomic mass is 19.3. The second-order valence-corrected chi connectivity index (χ2v) is 5.94. The van der Waals surface area contributed by atoms with Crippen LogP contribution in [0.5, 0.6) is 17.2 Å². The van der Waals surface area contributed by atoms with E-state index in [0.717, 1.165) is 0 Å². The molecule has 0 aromatic heterocycles. The minimum absolute atomic E-state index is 0.0909. The van der Waals surface area contributed by atoms with Crippen molar-refractivity contribution in [2.45, 2.75) is 13.5 Å². The number of methoxy groups -OCH3 is 2. The predicted octanol–water partition coefficient (Wildman–Crippen LogP) is 3.25. The Labute approximate surface area is 176 Å². The van der Waals surface area contributed by atoms with Gasteiger partial charge in [-0.2, -0.15) is 8.78 Å². The maximum absolute atomic E-state index is 12.4. The van der Waals surface area contributed by atoms with Crippen molar-refractivity contribution in [3.05, 3.63) is 42.0 Å². The molecule has 166 valence electrons. The summed E-state index contributed by atoms with van der Waals surface area (Å²) < 4.78 is 39.2. The molecule has 0 saturated carbocycles. The zero-order valence-electron chi connectivity index (χ0n) is 17.0. The average Bonchev–Trinajstić information content (AvgIpc) is 2.71. The molecule has 0 aliphatic heterocycles. The van der Waals surface area contributed by atoms with Gasteiger partial charge in [-0.3, -0.25) is 9.59 Å². The molecule has 0 radical (unpaired) electrons. The topological polar surface area (TPSA) is 107 Å². The number of benzene rings is 2. The van der Waals surface area contributed by atoms with Crippen molar-refractivity contribution < 1.29 is 37.4 Å². The van der Waals surface area contributed by atoms with Crippen molar-refractivity contribution in [1.82, 2.24) is 0 Å². The Morgan fingerprint density at radius 3 is 2.39 bits per heavy atom. The summed E-state index contributed by atoms with van der Waals surface area (Å²) in [6, 6.07) is 8.94. The molecule has 0 fully saturated rings. The van der Waals surface area contributed by atoms with E-state index >= 15 is 0 Å². The van der Waals surface area contributed by atoms with Crippen LogP contribution in [0.2, 0.25) is 0 Å². The fourth-order valence-electron chi connectivity index (χ4n) is 2.42. The van der Waals surface area contributed by atoms with Crippen LogP contribution in [0, 0.1) is 0 Å². The number of halogens is 2. The van der Waals surface area contributed by atoms with Gasteiger partial charge in [0.1, 0.15) is 5.75 Å². The smallest absolute Gasteiger partial charge is 0.387 e. The van der Waals surface area contributed by atoms with Gasteiger partial charge >= 0.3 is 6.61 Å². The van der Waals surface area contributed by atoms with Crippen LogP contribution in [0.15, 0.2) is 41.6 Å². The Bertz CT molecular complexity index is 953. The van der Waals surface area contributed by atoms with Crippen LogP contribution in [0.4, 0.5) is 20.2 Å². The van der Waals surface area contributed by atoms with Gasteiger partial charge in [0.15, 0.2) is 18.1 Å². The lowest BCUT2D eigenvalue weighted by molar-refractivity contribution is -0.120. The molecule has 9 nitrogen and oxygen atoms in total. The highest BCUT2D eigenvalue weighted by Gasteiger charge is 2.11. The summed E-state index contributed by atoms with van der Waals surface area (Å²) in [4.78, 5) is 28.3. The second kappa shape index (κ2) is 11.3. The molecule has 0 bridgehead atoms. The maximum Gasteiger partial charge on any atom is 0.387 e. The van der Waals surface area contributed by atoms with Gasteiger partial charge in [-0.1, -0.05) is 5.16 Å². The SMILES string of the molecule is COc1ccc(NC(C)=O)cc1NC(=O)CO/N=C/c1ccc(OC(F)F)c(OC)c1. The van der Waals surface area contributed by atoms with E-state index in [1.165, 1.54) is 51.6 Å². The summed E-state index contributed by atoms with van der Waals surface area (Å²) in [6.07, 6.45) is 1.28. The summed E-state index contributed by atoms with van der Waals surface area (Å²) in [5, 5.41) is 8.87. The fraction of sp³-hybridized carbons (Fsp3) is 0.250. The quantitative estimate of drug-likeness (QED) is 0.437. The Morgan fingerprint density at radius 1 is 1.03 bits per heavy atom. The largest absolute Gasteiger partial charge is 0.495 e. The van der Waals surface area contributed by atoms with Crippen LogP contribution in [0.1, 0.15) is 12.5 Å². The van der Waals surface area contributed by atoms with Crippen LogP contribution < -0.4 is 24.8 Å². The van der Waals surface area contributed by atoms with Gasteiger partial charge in [0, 0.05) is 18.2 Å². The summed E-state index contributed by atoms with van der Waals surface area (Å²) in [7, 11) is 2.75. The molecule has 0 saturated heterocycles. The Balaban J connectivity index is 1.95. The number of hydrogen-bond acceptors (Lipinski definition) is 7. The molecule has 2 aromatic rings. The number of carbonyl (C=O) groups excluding carboxylic acids is 2. The molecule has 2 aromatic carbocycles. The van der Waals surface area contributed by atoms with Crippen molar-refractivity contribution in [3.8, 4) is 17.2 Å². The molecule has 0 atom stereocenters. The van der Waals surface area contributed by atoms with Gasteiger partial charge in [-0.15, -0.1) is 0 Å². The highest BCUT2D eigenvalue weighted by Crippen LogP contribution is 2.29. The minimum atomic E-state index is -2.98. The number of carbonyl (C=O) groups is 2. The van der Waals surface area contributed by atoms with E-state index in [2.05, 4.69) is 20.5 Å². The first-order valence-corrected chi connectivity index (χ1v) is 8.86. The van der Waals surface area contributed by atoms with Gasteiger partial charge in [0.25, 0.3) is 5.91 Å². The fourth-order valence-corrected chi connectivity index (χ4v) is 2.42. The second-order valence-electron chi connectivity index (χ2n) is 5.94. The van der Waals surface area contributed by atoms with Crippen molar-refractivity contribution in [3.63, 3.8) is 0 Å². The Hall–Kier alpha value is -3.89. The summed E-state index contributed by atoms with van der Waals surface area (Å²) in [5.41, 5.74) is 1.30. The number of nitrogens with one attached hydrogen (secondary N) is 2. The molecule has 0 heterocycles. The standard InChI is InChI=1S/C20H21F2N3O6/c1-12(26)24-14-5-7-16(28-2)15(9-14)25-19(27)11-30-23-10-13-4-6-17(31-20(21)22)18(8-13)29-3/h4-10,20H,11H2,1-3H3,(H,24,26)(H,25,27)/b23-10+. The normalized spacial score (nSPS) is 10.6. The van der Waals surface area contributed by atoms with Crippen LogP contribution in [0.3, 0.4) is 0 Å². The van der Waals surface area contributed by atoms with Gasteiger partial charge in [0.2, 0.25) is 5.91 Å². The highest BCUT2D eigenvalue weighted by molar-refractivity contribution is 5.95. The Kier molecular flexibility index (Phi) is 8.55. The first kappa shape index (κ1) is 23.4. The number of ether oxygens (including phenoxy) is 3. The molecule has 2 N–H and O–H groups in total. The van der Waals surface area contributed by atoms with Crippen molar-refractivity contribution in [2.75, 3.05) is 31.5 Å². The molecule has 2 amide bonds. The number of anilines is 2. The molecular weight excluding hydrogens is 416 g/mol. The zero-order valence-corrected chi connectivity index (χ0v) is 17.0. The van der Waals surface area contributed by atoms with E-state index in [1.807, 2.05) is 0 Å². The number of nitrogens with zero attached hydrogens (tertiary/aromatic N) is 1. The monoisotopic (exact) mass is 437 g/mol. The number of hydrogen-bond donors (Lipinski definition) is 2. The molecule has 31 heavy (non-hydrogen) atoms.